The van der Waals surface area contributed by atoms with Gasteiger partial charge in [0, 0.05) is 24.1 Å². The molecule has 2 aliphatic heterocycles. The Kier molecular flexibility index (Phi) is 5.49. The number of allylic oxidation sites excluding steroid dienone is 3. The van der Waals surface area contributed by atoms with Gasteiger partial charge in [-0.05, 0) is 41.8 Å². The van der Waals surface area contributed by atoms with Crippen LogP contribution >= 0.6 is 12.2 Å². The van der Waals surface area contributed by atoms with E-state index >= 15 is 0 Å². The predicted octanol–water partition coefficient (Wildman–Crippen LogP) is 3.47. The van der Waals surface area contributed by atoms with Crippen molar-refractivity contribution in [3.05, 3.63) is 83.0 Å². The first-order valence-electron chi connectivity index (χ1n) is 10.6. The second-order valence-corrected chi connectivity index (χ2v) is 8.47. The fourth-order valence-electron chi connectivity index (χ4n) is 4.03. The number of carbonyl (C=O) groups excluding carboxylic acids is 2. The highest BCUT2D eigenvalue weighted by atomic mass is 32.1. The second-order valence-electron chi connectivity index (χ2n) is 8.00. The van der Waals surface area contributed by atoms with Crippen molar-refractivity contribution in [1.29, 1.82) is 0 Å². The van der Waals surface area contributed by atoms with Crippen molar-refractivity contribution in [2.24, 2.45) is 0 Å². The highest BCUT2D eigenvalue weighted by Crippen LogP contribution is 2.30. The lowest BCUT2D eigenvalue weighted by atomic mass is 9.95. The van der Waals surface area contributed by atoms with Gasteiger partial charge in [-0.15, -0.1) is 0 Å². The van der Waals surface area contributed by atoms with Gasteiger partial charge in [-0.25, -0.2) is 0 Å². The number of nitrogens with one attached hydrogen (secondary N) is 1. The lowest BCUT2D eigenvalue weighted by Crippen LogP contribution is -2.43. The van der Waals surface area contributed by atoms with Crippen LogP contribution in [0.25, 0.3) is 0 Å². The van der Waals surface area contributed by atoms with Gasteiger partial charge in [0.15, 0.2) is 11.5 Å². The molecule has 0 spiro atoms. The average Bonchev–Trinajstić information content (AvgIpc) is 3.33. The van der Waals surface area contributed by atoms with E-state index in [0.29, 0.717) is 53.7 Å². The molecule has 6 nitrogen and oxygen atoms in total. The van der Waals surface area contributed by atoms with E-state index in [0.717, 1.165) is 17.6 Å². The van der Waals surface area contributed by atoms with Crippen LogP contribution in [-0.4, -0.2) is 47.5 Å². The topological polar surface area (TPSA) is 67.9 Å². The summed E-state index contributed by atoms with van der Waals surface area (Å²) in [4.78, 5) is 28.2. The molecule has 0 radical (unpaired) electrons. The van der Waals surface area contributed by atoms with Gasteiger partial charge in [0.2, 0.25) is 0 Å². The highest BCUT2D eigenvalue weighted by molar-refractivity contribution is 7.80. The van der Waals surface area contributed by atoms with E-state index < -0.39 is 0 Å². The zero-order chi connectivity index (χ0) is 22.1. The van der Waals surface area contributed by atoms with Crippen molar-refractivity contribution in [2.45, 2.75) is 18.9 Å². The van der Waals surface area contributed by atoms with Gasteiger partial charge in [0.1, 0.15) is 12.7 Å². The molecule has 162 valence electrons. The number of nitrogens with zero attached hydrogens (tertiary/aromatic N) is 1. The molecule has 1 atom stereocenters. The minimum absolute atomic E-state index is 0.153. The Balaban J connectivity index is 1.25. The number of rotatable bonds is 5. The number of hydrogen-bond donors (Lipinski definition) is 1. The van der Waals surface area contributed by atoms with Crippen molar-refractivity contribution in [3.8, 4) is 11.5 Å². The predicted molar refractivity (Wildman–Crippen MR) is 124 cm³/mol. The van der Waals surface area contributed by atoms with Crippen LogP contribution in [0.5, 0.6) is 11.5 Å². The molecule has 0 saturated heterocycles. The Morgan fingerprint density at radius 2 is 2.03 bits per heavy atom. The van der Waals surface area contributed by atoms with Gasteiger partial charge < -0.3 is 14.8 Å². The third kappa shape index (κ3) is 4.03. The summed E-state index contributed by atoms with van der Waals surface area (Å²) in [5.41, 5.74) is 2.97. The molecule has 7 heteroatoms. The van der Waals surface area contributed by atoms with Gasteiger partial charge in [-0.3, -0.25) is 14.5 Å². The molecule has 3 aliphatic rings. The number of para-hydroxylation sites is 2. The molecule has 2 heterocycles. The van der Waals surface area contributed by atoms with Gasteiger partial charge in [0.25, 0.3) is 11.8 Å². The van der Waals surface area contributed by atoms with Gasteiger partial charge in [-0.2, -0.15) is 0 Å². The lowest BCUT2D eigenvalue weighted by molar-refractivity contribution is 0.0789. The number of benzene rings is 2. The molecule has 0 aromatic heterocycles. The summed E-state index contributed by atoms with van der Waals surface area (Å²) in [6.07, 6.45) is 7.13. The summed E-state index contributed by atoms with van der Waals surface area (Å²) < 4.78 is 11.6. The molecule has 1 N–H and O–H groups in total. The minimum Gasteiger partial charge on any atom is -0.486 e. The first-order valence-corrected chi connectivity index (χ1v) is 11.0. The quantitative estimate of drug-likeness (QED) is 0.713. The SMILES string of the molecule is O=C(NCC1COc2ccccc2O1)c1ccc2c(c1)C(=O)N(CC1=CC=CC1)C(=S)C2. The third-order valence-electron chi connectivity index (χ3n) is 5.76. The summed E-state index contributed by atoms with van der Waals surface area (Å²) in [6.45, 7) is 1.15. The fraction of sp³-hybridized carbons (Fsp3) is 0.240. The molecule has 0 fully saturated rings. The molecule has 1 unspecified atom stereocenters. The molecular weight excluding hydrogens is 424 g/mol. The Hall–Kier alpha value is -3.45. The fourth-order valence-corrected chi connectivity index (χ4v) is 4.34. The monoisotopic (exact) mass is 446 g/mol. The first-order chi connectivity index (χ1) is 15.6. The maximum Gasteiger partial charge on any atom is 0.259 e. The number of fused-ring (bicyclic) bond motifs is 2. The number of amides is 2. The van der Waals surface area contributed by atoms with E-state index in [9.17, 15) is 9.59 Å². The Bertz CT molecular complexity index is 1170. The number of thiocarbonyl (C=S) groups is 1. The number of carbonyl (C=O) groups is 2. The minimum atomic E-state index is -0.283. The van der Waals surface area contributed by atoms with Crippen LogP contribution in [0.15, 0.2) is 66.3 Å². The molecular formula is C25H22N2O4S. The molecule has 0 bridgehead atoms. The summed E-state index contributed by atoms with van der Waals surface area (Å²) >= 11 is 5.49. The second kappa shape index (κ2) is 8.59. The van der Waals surface area contributed by atoms with Crippen molar-refractivity contribution < 1.29 is 19.1 Å². The van der Waals surface area contributed by atoms with Crippen LogP contribution in [0.2, 0.25) is 0 Å². The van der Waals surface area contributed by atoms with E-state index in [2.05, 4.69) is 11.4 Å². The standard InChI is InChI=1S/C25H22N2O4S/c28-24(26-13-19-15-30-21-7-3-4-8-22(21)31-19)18-10-9-17-12-23(32)27(25(29)20(17)11-18)14-16-5-1-2-6-16/h1-5,7-11,19H,6,12-15H2,(H,26,28). The smallest absolute Gasteiger partial charge is 0.259 e. The maximum absolute atomic E-state index is 13.1. The Labute approximate surface area is 191 Å². The lowest BCUT2D eigenvalue weighted by Gasteiger charge is -2.30. The first kappa shape index (κ1) is 20.5. The maximum atomic E-state index is 13.1. The van der Waals surface area contributed by atoms with E-state index in [-0.39, 0.29) is 17.9 Å². The van der Waals surface area contributed by atoms with Crippen LogP contribution in [0.1, 0.15) is 32.7 Å². The molecule has 5 rings (SSSR count). The largest absolute Gasteiger partial charge is 0.486 e. The summed E-state index contributed by atoms with van der Waals surface area (Å²) in [7, 11) is 0. The molecule has 2 aromatic carbocycles. The van der Waals surface area contributed by atoms with E-state index in [4.69, 9.17) is 21.7 Å². The van der Waals surface area contributed by atoms with Crippen LogP contribution < -0.4 is 14.8 Å². The number of hydrogen-bond acceptors (Lipinski definition) is 5. The zero-order valence-corrected chi connectivity index (χ0v) is 18.2. The summed E-state index contributed by atoms with van der Waals surface area (Å²) in [6, 6.07) is 12.7. The molecule has 32 heavy (non-hydrogen) atoms. The zero-order valence-electron chi connectivity index (χ0n) is 17.4. The van der Waals surface area contributed by atoms with Crippen molar-refractivity contribution >= 4 is 29.0 Å². The normalized spacial score (nSPS) is 18.9. The van der Waals surface area contributed by atoms with Gasteiger partial charge in [0.05, 0.1) is 11.5 Å². The molecule has 0 saturated carbocycles. The van der Waals surface area contributed by atoms with E-state index in [1.165, 1.54) is 0 Å². The summed E-state index contributed by atoms with van der Waals surface area (Å²) in [5.74, 6) is 0.959. The van der Waals surface area contributed by atoms with Crippen LogP contribution in [0.4, 0.5) is 0 Å². The Morgan fingerprint density at radius 1 is 1.19 bits per heavy atom. The molecule has 1 aliphatic carbocycles. The highest BCUT2D eigenvalue weighted by Gasteiger charge is 2.30. The molecule has 2 aromatic rings. The average molecular weight is 447 g/mol. The van der Waals surface area contributed by atoms with E-state index in [1.807, 2.05) is 42.5 Å². The van der Waals surface area contributed by atoms with Gasteiger partial charge in [-0.1, -0.05) is 48.6 Å². The van der Waals surface area contributed by atoms with Gasteiger partial charge >= 0.3 is 0 Å². The summed E-state index contributed by atoms with van der Waals surface area (Å²) in [5, 5.41) is 2.89. The number of ether oxygens (including phenoxy) is 2. The van der Waals surface area contributed by atoms with Crippen LogP contribution in [0.3, 0.4) is 0 Å². The third-order valence-corrected chi connectivity index (χ3v) is 6.12. The molecule has 2 amide bonds. The Morgan fingerprint density at radius 3 is 2.84 bits per heavy atom. The van der Waals surface area contributed by atoms with Crippen LogP contribution in [0, 0.1) is 0 Å². The van der Waals surface area contributed by atoms with Crippen molar-refractivity contribution in [3.63, 3.8) is 0 Å². The van der Waals surface area contributed by atoms with Crippen LogP contribution in [-0.2, 0) is 6.42 Å². The van der Waals surface area contributed by atoms with Crippen molar-refractivity contribution in [2.75, 3.05) is 19.7 Å². The van der Waals surface area contributed by atoms with E-state index in [1.54, 1.807) is 17.0 Å². The van der Waals surface area contributed by atoms with Crippen molar-refractivity contribution in [1.82, 2.24) is 10.2 Å².